The molecule has 15 heavy (non-hydrogen) atoms. The lowest BCUT2D eigenvalue weighted by Crippen LogP contribution is -2.31. The van der Waals surface area contributed by atoms with Crippen molar-refractivity contribution in [1.29, 1.82) is 0 Å². The highest BCUT2D eigenvalue weighted by atomic mass is 16.1. The van der Waals surface area contributed by atoms with Crippen LogP contribution in [0.15, 0.2) is 24.3 Å². The number of benzene rings is 1. The third-order valence-corrected chi connectivity index (χ3v) is 2.40. The topological polar surface area (TPSA) is 55.1 Å². The molecule has 0 saturated carbocycles. The van der Waals surface area contributed by atoms with Crippen molar-refractivity contribution in [3.8, 4) is 0 Å². The second kappa shape index (κ2) is 5.51. The fraction of sp³-hybridized carbons (Fsp3) is 0.417. The molecule has 1 amide bonds. The Balaban J connectivity index is 2.58. The maximum absolute atomic E-state index is 11.7. The van der Waals surface area contributed by atoms with Crippen LogP contribution in [0.5, 0.6) is 0 Å². The first-order chi connectivity index (χ1) is 7.15. The largest absolute Gasteiger partial charge is 0.352 e. The number of hydrogen-bond donors (Lipinski definition) is 2. The number of carbonyl (C=O) groups excluding carboxylic acids is 1. The summed E-state index contributed by atoms with van der Waals surface area (Å²) in [6.45, 7) is 5.16. The van der Waals surface area contributed by atoms with E-state index in [1.54, 1.807) is 0 Å². The molecule has 0 heterocycles. The SMILES string of the molecule is Cc1ccccc1C(=O)NCC(C)CN. The molecule has 0 aliphatic carbocycles. The summed E-state index contributed by atoms with van der Waals surface area (Å²) < 4.78 is 0. The summed E-state index contributed by atoms with van der Waals surface area (Å²) in [6, 6.07) is 7.56. The van der Waals surface area contributed by atoms with E-state index in [2.05, 4.69) is 5.32 Å². The number of hydrogen-bond acceptors (Lipinski definition) is 2. The maximum Gasteiger partial charge on any atom is 0.251 e. The van der Waals surface area contributed by atoms with Gasteiger partial charge in [-0.25, -0.2) is 0 Å². The van der Waals surface area contributed by atoms with Crippen LogP contribution in [0.25, 0.3) is 0 Å². The molecular weight excluding hydrogens is 188 g/mol. The van der Waals surface area contributed by atoms with Gasteiger partial charge < -0.3 is 11.1 Å². The molecule has 82 valence electrons. The minimum atomic E-state index is -0.0200. The number of aryl methyl sites for hydroxylation is 1. The molecule has 0 fully saturated rings. The van der Waals surface area contributed by atoms with Gasteiger partial charge in [0.2, 0.25) is 0 Å². The molecular formula is C12H18N2O. The molecule has 1 aromatic rings. The summed E-state index contributed by atoms with van der Waals surface area (Å²) in [5.41, 5.74) is 7.21. The first-order valence-corrected chi connectivity index (χ1v) is 5.19. The van der Waals surface area contributed by atoms with Crippen molar-refractivity contribution in [1.82, 2.24) is 5.32 Å². The molecule has 0 aliphatic rings. The van der Waals surface area contributed by atoms with E-state index in [9.17, 15) is 4.79 Å². The van der Waals surface area contributed by atoms with E-state index in [1.807, 2.05) is 38.1 Å². The van der Waals surface area contributed by atoms with Crippen LogP contribution in [0, 0.1) is 12.8 Å². The van der Waals surface area contributed by atoms with Crippen LogP contribution >= 0.6 is 0 Å². The summed E-state index contributed by atoms with van der Waals surface area (Å²) in [6.07, 6.45) is 0. The standard InChI is InChI=1S/C12H18N2O/c1-9(7-13)8-14-12(15)11-6-4-3-5-10(11)2/h3-6,9H,7-8,13H2,1-2H3,(H,14,15). The number of nitrogens with two attached hydrogens (primary N) is 1. The lowest BCUT2D eigenvalue weighted by molar-refractivity contribution is 0.0948. The van der Waals surface area contributed by atoms with Crippen molar-refractivity contribution in [2.45, 2.75) is 13.8 Å². The van der Waals surface area contributed by atoms with Crippen LogP contribution in [-0.4, -0.2) is 19.0 Å². The van der Waals surface area contributed by atoms with Gasteiger partial charge in [-0.05, 0) is 31.0 Å². The third kappa shape index (κ3) is 3.36. The zero-order valence-corrected chi connectivity index (χ0v) is 9.29. The number of amides is 1. The Kier molecular flexibility index (Phi) is 4.31. The zero-order chi connectivity index (χ0) is 11.3. The molecule has 1 atom stereocenters. The summed E-state index contributed by atoms with van der Waals surface area (Å²) in [5, 5.41) is 2.87. The molecule has 0 spiro atoms. The molecule has 1 aromatic carbocycles. The summed E-state index contributed by atoms with van der Waals surface area (Å²) >= 11 is 0. The molecule has 0 radical (unpaired) electrons. The fourth-order valence-corrected chi connectivity index (χ4v) is 1.27. The van der Waals surface area contributed by atoms with E-state index in [1.165, 1.54) is 0 Å². The maximum atomic E-state index is 11.7. The number of carbonyl (C=O) groups is 1. The Labute approximate surface area is 90.7 Å². The Morgan fingerprint density at radius 2 is 2.13 bits per heavy atom. The Bertz CT molecular complexity index is 336. The highest BCUT2D eigenvalue weighted by Gasteiger charge is 2.08. The minimum absolute atomic E-state index is 0.0200. The quantitative estimate of drug-likeness (QED) is 0.780. The van der Waals surface area contributed by atoms with Gasteiger partial charge in [-0.1, -0.05) is 25.1 Å². The molecule has 0 aromatic heterocycles. The molecule has 3 N–H and O–H groups in total. The molecule has 3 heteroatoms. The average Bonchev–Trinajstić information content (AvgIpc) is 2.26. The van der Waals surface area contributed by atoms with Crippen LogP contribution < -0.4 is 11.1 Å². The zero-order valence-electron chi connectivity index (χ0n) is 9.29. The Morgan fingerprint density at radius 3 is 2.73 bits per heavy atom. The molecule has 0 aliphatic heterocycles. The van der Waals surface area contributed by atoms with Crippen molar-refractivity contribution in [2.75, 3.05) is 13.1 Å². The Morgan fingerprint density at radius 1 is 1.47 bits per heavy atom. The van der Waals surface area contributed by atoms with Crippen molar-refractivity contribution < 1.29 is 4.79 Å². The predicted molar refractivity (Wildman–Crippen MR) is 61.7 cm³/mol. The van der Waals surface area contributed by atoms with Crippen LogP contribution in [0.1, 0.15) is 22.8 Å². The fourth-order valence-electron chi connectivity index (χ4n) is 1.27. The molecule has 1 unspecified atom stereocenters. The van der Waals surface area contributed by atoms with E-state index >= 15 is 0 Å². The van der Waals surface area contributed by atoms with Gasteiger partial charge in [0.15, 0.2) is 0 Å². The van der Waals surface area contributed by atoms with E-state index in [0.717, 1.165) is 11.1 Å². The molecule has 0 bridgehead atoms. The Hall–Kier alpha value is -1.35. The van der Waals surface area contributed by atoms with Gasteiger partial charge in [0.05, 0.1) is 0 Å². The lowest BCUT2D eigenvalue weighted by Gasteiger charge is -2.11. The smallest absolute Gasteiger partial charge is 0.251 e. The van der Waals surface area contributed by atoms with Gasteiger partial charge in [-0.15, -0.1) is 0 Å². The minimum Gasteiger partial charge on any atom is -0.352 e. The molecule has 0 saturated heterocycles. The first kappa shape index (κ1) is 11.7. The summed E-state index contributed by atoms with van der Waals surface area (Å²) in [4.78, 5) is 11.7. The second-order valence-electron chi connectivity index (χ2n) is 3.87. The van der Waals surface area contributed by atoms with E-state index in [-0.39, 0.29) is 5.91 Å². The van der Waals surface area contributed by atoms with E-state index < -0.39 is 0 Å². The second-order valence-corrected chi connectivity index (χ2v) is 3.87. The average molecular weight is 206 g/mol. The van der Waals surface area contributed by atoms with E-state index in [4.69, 9.17) is 5.73 Å². The lowest BCUT2D eigenvalue weighted by atomic mass is 10.1. The normalized spacial score (nSPS) is 12.2. The highest BCUT2D eigenvalue weighted by Crippen LogP contribution is 2.06. The summed E-state index contributed by atoms with van der Waals surface area (Å²) in [5.74, 6) is 0.298. The van der Waals surface area contributed by atoms with Crippen LogP contribution in [-0.2, 0) is 0 Å². The number of nitrogens with one attached hydrogen (secondary N) is 1. The predicted octanol–water partition coefficient (Wildman–Crippen LogP) is 1.32. The first-order valence-electron chi connectivity index (χ1n) is 5.19. The number of rotatable bonds is 4. The van der Waals surface area contributed by atoms with Crippen LogP contribution in [0.3, 0.4) is 0 Å². The van der Waals surface area contributed by atoms with Crippen molar-refractivity contribution in [3.63, 3.8) is 0 Å². The highest BCUT2D eigenvalue weighted by molar-refractivity contribution is 5.95. The van der Waals surface area contributed by atoms with Crippen molar-refractivity contribution in [2.24, 2.45) is 11.7 Å². The van der Waals surface area contributed by atoms with Gasteiger partial charge in [-0.2, -0.15) is 0 Å². The van der Waals surface area contributed by atoms with Gasteiger partial charge in [0, 0.05) is 12.1 Å². The monoisotopic (exact) mass is 206 g/mol. The van der Waals surface area contributed by atoms with Crippen molar-refractivity contribution in [3.05, 3.63) is 35.4 Å². The van der Waals surface area contributed by atoms with Crippen LogP contribution in [0.4, 0.5) is 0 Å². The van der Waals surface area contributed by atoms with Crippen molar-refractivity contribution >= 4 is 5.91 Å². The van der Waals surface area contributed by atoms with Gasteiger partial charge in [0.1, 0.15) is 0 Å². The van der Waals surface area contributed by atoms with Gasteiger partial charge in [-0.3, -0.25) is 4.79 Å². The third-order valence-electron chi connectivity index (χ3n) is 2.40. The van der Waals surface area contributed by atoms with Crippen LogP contribution in [0.2, 0.25) is 0 Å². The molecule has 1 rings (SSSR count). The summed E-state index contributed by atoms with van der Waals surface area (Å²) in [7, 11) is 0. The van der Waals surface area contributed by atoms with Gasteiger partial charge >= 0.3 is 0 Å². The van der Waals surface area contributed by atoms with Gasteiger partial charge in [0.25, 0.3) is 5.91 Å². The molecule has 3 nitrogen and oxygen atoms in total. The van der Waals surface area contributed by atoms with E-state index in [0.29, 0.717) is 19.0 Å².